The third kappa shape index (κ3) is 3.88. The summed E-state index contributed by atoms with van der Waals surface area (Å²) in [5.41, 5.74) is 8.55. The molecule has 0 saturated carbocycles. The molecule has 1 amide bonds. The number of hydrogen-bond donors (Lipinski definition) is 1. The van der Waals surface area contributed by atoms with Crippen LogP contribution < -0.4 is 10.6 Å². The summed E-state index contributed by atoms with van der Waals surface area (Å²) in [6, 6.07) is 12.6. The highest BCUT2D eigenvalue weighted by Gasteiger charge is 2.51. The Balaban J connectivity index is 1.45. The third-order valence-electron chi connectivity index (χ3n) is 6.98. The number of piperidine rings is 1. The van der Waals surface area contributed by atoms with E-state index < -0.39 is 5.54 Å². The molecule has 2 aliphatic heterocycles. The van der Waals surface area contributed by atoms with Gasteiger partial charge in [-0.2, -0.15) is 0 Å². The van der Waals surface area contributed by atoms with Gasteiger partial charge in [-0.3, -0.25) is 19.7 Å². The van der Waals surface area contributed by atoms with Crippen LogP contribution in [0.5, 0.6) is 0 Å². The van der Waals surface area contributed by atoms with E-state index in [2.05, 4.69) is 57.5 Å². The van der Waals surface area contributed by atoms with Crippen molar-refractivity contribution < 1.29 is 4.79 Å². The summed E-state index contributed by atoms with van der Waals surface area (Å²) in [6.45, 7) is 3.91. The molecule has 1 aromatic carbocycles. The van der Waals surface area contributed by atoms with Gasteiger partial charge in [0.2, 0.25) is 5.91 Å². The fraction of sp³-hybridized carbons (Fsp3) is 0.360. The topological polar surface area (TPSA) is 87.7 Å². The maximum absolute atomic E-state index is 13.6. The van der Waals surface area contributed by atoms with Crippen molar-refractivity contribution >= 4 is 28.9 Å². The van der Waals surface area contributed by atoms with Crippen molar-refractivity contribution in [1.82, 2.24) is 14.9 Å². The van der Waals surface area contributed by atoms with Gasteiger partial charge in [-0.15, -0.1) is 11.3 Å². The monoisotopic (exact) mass is 460 g/mol. The lowest BCUT2D eigenvalue weighted by atomic mass is 9.70. The van der Waals surface area contributed by atoms with Gasteiger partial charge in [0.25, 0.3) is 0 Å². The summed E-state index contributed by atoms with van der Waals surface area (Å²) in [7, 11) is 1.73. The van der Waals surface area contributed by atoms with Crippen LogP contribution >= 0.6 is 11.3 Å². The van der Waals surface area contributed by atoms with Crippen molar-refractivity contribution in [1.29, 1.82) is 0 Å². The molecular formula is C25H28N6OS. The highest BCUT2D eigenvalue weighted by atomic mass is 32.1. The fourth-order valence-corrected chi connectivity index (χ4v) is 6.18. The smallest absolute Gasteiger partial charge is 0.235 e. The molecule has 170 valence electrons. The number of benzene rings is 1. The Kier molecular flexibility index (Phi) is 5.62. The SMILES string of the molecule is CN1C(=O)[C@H](C2CCN(c3ccccc3)CC2)[C@@](C)(c2cc(-c3cnccn3)cs2)N=C1N. The minimum atomic E-state index is -0.710. The number of guanidine groups is 1. The molecule has 5 rings (SSSR count). The third-order valence-corrected chi connectivity index (χ3v) is 8.14. The maximum atomic E-state index is 13.6. The van der Waals surface area contributed by atoms with Gasteiger partial charge < -0.3 is 10.6 Å². The first kappa shape index (κ1) is 21.6. The van der Waals surface area contributed by atoms with Crippen molar-refractivity contribution in [3.8, 4) is 11.3 Å². The average molecular weight is 461 g/mol. The molecule has 0 spiro atoms. The molecule has 8 heteroatoms. The number of nitrogens with zero attached hydrogens (tertiary/aromatic N) is 5. The van der Waals surface area contributed by atoms with Crippen LogP contribution in [0, 0.1) is 11.8 Å². The number of aliphatic imine (C=N–C) groups is 1. The van der Waals surface area contributed by atoms with Gasteiger partial charge in [0, 0.05) is 54.0 Å². The molecule has 33 heavy (non-hydrogen) atoms. The molecule has 4 heterocycles. The molecule has 1 fully saturated rings. The molecule has 0 bridgehead atoms. The summed E-state index contributed by atoms with van der Waals surface area (Å²) < 4.78 is 0. The van der Waals surface area contributed by atoms with Crippen LogP contribution in [0.3, 0.4) is 0 Å². The summed E-state index contributed by atoms with van der Waals surface area (Å²) in [4.78, 5) is 32.1. The summed E-state index contributed by atoms with van der Waals surface area (Å²) in [5.74, 6) is 0.289. The Bertz CT molecular complexity index is 1160. The number of nitrogens with two attached hydrogens (primary N) is 1. The number of anilines is 1. The van der Waals surface area contributed by atoms with E-state index in [4.69, 9.17) is 10.7 Å². The van der Waals surface area contributed by atoms with Crippen LogP contribution in [0.2, 0.25) is 0 Å². The number of carbonyl (C=O) groups is 1. The molecule has 2 aliphatic rings. The van der Waals surface area contributed by atoms with Crippen LogP contribution in [0.4, 0.5) is 5.69 Å². The van der Waals surface area contributed by atoms with E-state index in [0.29, 0.717) is 0 Å². The molecule has 7 nitrogen and oxygen atoms in total. The van der Waals surface area contributed by atoms with Crippen LogP contribution in [-0.2, 0) is 10.3 Å². The molecular weight excluding hydrogens is 432 g/mol. The second kappa shape index (κ2) is 8.59. The molecule has 3 aromatic rings. The van der Waals surface area contributed by atoms with Crippen LogP contribution in [0.1, 0.15) is 24.6 Å². The highest BCUT2D eigenvalue weighted by Crippen LogP contribution is 2.47. The van der Waals surface area contributed by atoms with E-state index >= 15 is 0 Å². The van der Waals surface area contributed by atoms with Gasteiger partial charge >= 0.3 is 0 Å². The lowest BCUT2D eigenvalue weighted by molar-refractivity contribution is -0.136. The number of thiophene rings is 1. The quantitative estimate of drug-likeness (QED) is 0.641. The number of carbonyl (C=O) groups excluding carboxylic acids is 1. The second-order valence-electron chi connectivity index (χ2n) is 8.94. The molecule has 1 saturated heterocycles. The summed E-state index contributed by atoms with van der Waals surface area (Å²) in [5, 5.41) is 2.06. The van der Waals surface area contributed by atoms with E-state index in [9.17, 15) is 4.79 Å². The van der Waals surface area contributed by atoms with Crippen molar-refractivity contribution in [2.75, 3.05) is 25.0 Å². The molecule has 0 unspecified atom stereocenters. The van der Waals surface area contributed by atoms with E-state index in [0.717, 1.165) is 42.1 Å². The minimum Gasteiger partial charge on any atom is -0.372 e. The number of hydrogen-bond acceptors (Lipinski definition) is 7. The van der Waals surface area contributed by atoms with E-state index in [1.54, 1.807) is 37.0 Å². The number of rotatable bonds is 4. The zero-order chi connectivity index (χ0) is 23.0. The van der Waals surface area contributed by atoms with Crippen LogP contribution in [0.25, 0.3) is 11.3 Å². The summed E-state index contributed by atoms with van der Waals surface area (Å²) in [6.07, 6.45) is 6.98. The lowest BCUT2D eigenvalue weighted by Crippen LogP contribution is -2.56. The Morgan fingerprint density at radius 2 is 1.91 bits per heavy atom. The zero-order valence-electron chi connectivity index (χ0n) is 18.9. The first-order valence-corrected chi connectivity index (χ1v) is 12.1. The number of aromatic nitrogens is 2. The van der Waals surface area contributed by atoms with Crippen molar-refractivity contribution in [3.05, 3.63) is 65.2 Å². The van der Waals surface area contributed by atoms with Crippen LogP contribution in [-0.4, -0.2) is 46.9 Å². The van der Waals surface area contributed by atoms with E-state index in [1.165, 1.54) is 10.6 Å². The van der Waals surface area contributed by atoms with Gasteiger partial charge in [0.1, 0.15) is 5.54 Å². The molecule has 0 aliphatic carbocycles. The van der Waals surface area contributed by atoms with E-state index in [-0.39, 0.29) is 23.7 Å². The Morgan fingerprint density at radius 1 is 1.15 bits per heavy atom. The standard InChI is InChI=1S/C25H28N6OS/c1-25(21-14-18(16-33-21)20-15-27-10-11-28-20)22(23(32)30(2)24(26)29-25)17-8-12-31(13-9-17)19-6-4-3-5-7-19/h3-7,10-11,14-17,22H,8-9,12-13H2,1-2H3,(H2,26,29)/t22-,25+/m0/s1. The van der Waals surface area contributed by atoms with Crippen molar-refractivity contribution in [3.63, 3.8) is 0 Å². The molecule has 2 aromatic heterocycles. The van der Waals surface area contributed by atoms with Crippen LogP contribution in [0.15, 0.2) is 65.4 Å². The molecule has 2 N–H and O–H groups in total. The predicted octanol–water partition coefficient (Wildman–Crippen LogP) is 3.74. The van der Waals surface area contributed by atoms with Gasteiger partial charge in [0.05, 0.1) is 17.8 Å². The summed E-state index contributed by atoms with van der Waals surface area (Å²) >= 11 is 1.61. The first-order chi connectivity index (χ1) is 16.0. The van der Waals surface area contributed by atoms with E-state index in [1.807, 2.05) is 6.07 Å². The fourth-order valence-electron chi connectivity index (χ4n) is 5.13. The molecule has 0 radical (unpaired) electrons. The largest absolute Gasteiger partial charge is 0.372 e. The van der Waals surface area contributed by atoms with Gasteiger partial charge in [-0.1, -0.05) is 18.2 Å². The second-order valence-corrected chi connectivity index (χ2v) is 9.85. The Hall–Kier alpha value is -3.26. The van der Waals surface area contributed by atoms with Gasteiger partial charge in [-0.25, -0.2) is 4.99 Å². The molecule has 2 atom stereocenters. The lowest BCUT2D eigenvalue weighted by Gasteiger charge is -2.46. The zero-order valence-corrected chi connectivity index (χ0v) is 19.7. The highest BCUT2D eigenvalue weighted by molar-refractivity contribution is 7.10. The Morgan fingerprint density at radius 3 is 2.61 bits per heavy atom. The Labute approximate surface area is 198 Å². The van der Waals surface area contributed by atoms with Crippen molar-refractivity contribution in [2.45, 2.75) is 25.3 Å². The maximum Gasteiger partial charge on any atom is 0.235 e. The number of amides is 1. The van der Waals surface area contributed by atoms with Gasteiger partial charge in [-0.05, 0) is 43.9 Å². The van der Waals surface area contributed by atoms with Gasteiger partial charge in [0.15, 0.2) is 5.96 Å². The average Bonchev–Trinajstić information content (AvgIpc) is 3.36. The predicted molar refractivity (Wildman–Crippen MR) is 132 cm³/mol. The van der Waals surface area contributed by atoms with Crippen molar-refractivity contribution in [2.24, 2.45) is 22.6 Å². The normalized spacial score (nSPS) is 24.1. The number of para-hydroxylation sites is 1. The first-order valence-electron chi connectivity index (χ1n) is 11.3. The minimum absolute atomic E-state index is 0.0533.